The predicted molar refractivity (Wildman–Crippen MR) is 298 cm³/mol. The molecule has 0 fully saturated rings. The average molecular weight is 1120 g/mol. The van der Waals surface area contributed by atoms with Crippen LogP contribution in [0.15, 0.2) is 162 Å². The summed E-state index contributed by atoms with van der Waals surface area (Å²) >= 11 is 0. The second-order valence-electron chi connectivity index (χ2n) is 22.3. The topological polar surface area (TPSA) is 43.9 Å². The van der Waals surface area contributed by atoms with Gasteiger partial charge in [-0.2, -0.15) is 0 Å². The van der Waals surface area contributed by atoms with Crippen LogP contribution in [-0.2, 0) is 30.9 Å². The summed E-state index contributed by atoms with van der Waals surface area (Å²) in [7, 11) is -1.23. The molecular weight excluding hydrogens is 1060 g/mol. The third-order valence-electron chi connectivity index (χ3n) is 14.8. The molecule has 0 bridgehead atoms. The third-order valence-corrected chi connectivity index (χ3v) is 16.8. The molecule has 71 heavy (non-hydrogen) atoms. The van der Waals surface area contributed by atoms with Crippen molar-refractivity contribution in [3.8, 4) is 50.6 Å². The number of aromatic nitrogens is 3. The molecule has 361 valence electrons. The van der Waals surface area contributed by atoms with Gasteiger partial charge in [-0.15, -0.1) is 54.1 Å². The van der Waals surface area contributed by atoms with Gasteiger partial charge in [0.25, 0.3) is 0 Å². The van der Waals surface area contributed by atoms with E-state index in [1.165, 1.54) is 62.7 Å². The molecule has 1 aliphatic carbocycles. The number of hydrogen-bond donors (Lipinski definition) is 0. The van der Waals surface area contributed by atoms with E-state index < -0.39 is 8.07 Å². The molecule has 0 N–H and O–H groups in total. The van der Waals surface area contributed by atoms with Crippen LogP contribution in [0.1, 0.15) is 102 Å². The first-order chi connectivity index (χ1) is 33.5. The maximum absolute atomic E-state index is 6.81. The average Bonchev–Trinajstić information content (AvgIpc) is 3.94. The van der Waals surface area contributed by atoms with Crippen molar-refractivity contribution < 1.29 is 24.5 Å². The summed E-state index contributed by atoms with van der Waals surface area (Å²) in [6, 6.07) is 60.9. The van der Waals surface area contributed by atoms with Crippen LogP contribution in [0.3, 0.4) is 0 Å². The standard InChI is InChI=1S/C51H49N2O.C14H16NSi.Ir/c1-31(2)40-27-36(34-22-24-42-43(29-34)51(7,8)26-25-50(42,5)6)28-41(32(3)4)47(40)53-45-20-13-12-19-44(45)52-49(53)39-18-14-17-38-37-23-21-35(30-46(37)54-48(38)39)33-15-10-9-11-16-33;1-16(2,3)13-9-10-14(15-11-13)12-7-5-4-6-8-12;/h9-17,19-24,27-32H,25-26H2,1-8H3;4-7,9-11H,1-3H3;/q2*-1;. The molecular formula is C65H65IrN3OSi-2. The van der Waals surface area contributed by atoms with Gasteiger partial charge in [0, 0.05) is 37.4 Å². The van der Waals surface area contributed by atoms with Gasteiger partial charge in [0.05, 0.1) is 30.5 Å². The van der Waals surface area contributed by atoms with Crippen molar-refractivity contribution in [2.24, 2.45) is 0 Å². The molecule has 0 atom stereocenters. The Balaban J connectivity index is 0.000000313. The molecule has 0 saturated heterocycles. The van der Waals surface area contributed by atoms with Gasteiger partial charge in [-0.05, 0) is 121 Å². The van der Waals surface area contributed by atoms with Crippen LogP contribution >= 0.6 is 0 Å². The van der Waals surface area contributed by atoms with Crippen molar-refractivity contribution in [1.82, 2.24) is 14.5 Å². The third kappa shape index (κ3) is 9.55. The number of furan rings is 1. The summed E-state index contributed by atoms with van der Waals surface area (Å²) in [6.45, 7) is 25.9. The molecule has 0 unspecified atom stereocenters. The van der Waals surface area contributed by atoms with Gasteiger partial charge in [0.2, 0.25) is 0 Å². The number of benzene rings is 7. The SMILES string of the molecule is CC(C)c1cc(-c2ccc3c(c2)C(C)(C)CCC3(C)C)cc(C(C)C)c1-n1c(-c2[c-]ccc3c2oc2cc(-c4ccccc4)ccc23)nc2ccccc21.C[Si](C)(C)c1ccc(-c2[c-]cccc2)nc1.[Ir]. The zero-order valence-corrected chi connectivity index (χ0v) is 46.6. The van der Waals surface area contributed by atoms with Crippen molar-refractivity contribution in [3.63, 3.8) is 0 Å². The van der Waals surface area contributed by atoms with Crippen molar-refractivity contribution in [2.45, 2.75) is 111 Å². The normalized spacial score (nSPS) is 14.1. The maximum Gasteiger partial charge on any atom is 0.121 e. The van der Waals surface area contributed by atoms with E-state index in [0.29, 0.717) is 0 Å². The Hall–Kier alpha value is -6.17. The molecule has 3 aromatic heterocycles. The fraction of sp³-hybridized carbons (Fsp3) is 0.262. The second kappa shape index (κ2) is 19.4. The van der Waals surface area contributed by atoms with E-state index in [4.69, 9.17) is 9.40 Å². The van der Waals surface area contributed by atoms with Crippen molar-refractivity contribution in [2.75, 3.05) is 0 Å². The van der Waals surface area contributed by atoms with E-state index in [0.717, 1.165) is 61.2 Å². The first kappa shape index (κ1) is 49.8. The smallest absolute Gasteiger partial charge is 0.121 e. The van der Waals surface area contributed by atoms with Gasteiger partial charge in [-0.1, -0.05) is 171 Å². The summed E-state index contributed by atoms with van der Waals surface area (Å²) in [5.74, 6) is 1.38. The van der Waals surface area contributed by atoms with Gasteiger partial charge < -0.3 is 14.0 Å². The molecule has 0 aliphatic heterocycles. The molecule has 3 heterocycles. The van der Waals surface area contributed by atoms with E-state index in [2.05, 4.69) is 218 Å². The molecule has 10 aromatic rings. The summed E-state index contributed by atoms with van der Waals surface area (Å²) < 4.78 is 9.21. The first-order valence-corrected chi connectivity index (χ1v) is 28.7. The zero-order chi connectivity index (χ0) is 49.1. The summed E-state index contributed by atoms with van der Waals surface area (Å²) in [6.07, 6.45) is 4.43. The molecule has 7 aromatic carbocycles. The molecule has 1 radical (unpaired) electrons. The molecule has 0 saturated carbocycles. The number of fused-ring (bicyclic) bond motifs is 5. The zero-order valence-electron chi connectivity index (χ0n) is 43.2. The van der Waals surface area contributed by atoms with Crippen molar-refractivity contribution >= 4 is 46.2 Å². The fourth-order valence-corrected chi connectivity index (χ4v) is 11.5. The maximum atomic E-state index is 6.81. The Labute approximate surface area is 436 Å². The van der Waals surface area contributed by atoms with Gasteiger partial charge in [-0.25, -0.2) is 0 Å². The summed E-state index contributed by atoms with van der Waals surface area (Å²) in [4.78, 5) is 9.89. The van der Waals surface area contributed by atoms with Gasteiger partial charge in [-0.3, -0.25) is 4.98 Å². The van der Waals surface area contributed by atoms with E-state index in [1.807, 2.05) is 36.5 Å². The number of hydrogen-bond acceptors (Lipinski definition) is 3. The summed E-state index contributed by atoms with van der Waals surface area (Å²) in [5.41, 5.74) is 18.6. The van der Waals surface area contributed by atoms with E-state index in [1.54, 1.807) is 0 Å². The molecule has 1 aliphatic rings. The minimum Gasteiger partial charge on any atom is -0.501 e. The Morgan fingerprint density at radius 2 is 1.27 bits per heavy atom. The minimum atomic E-state index is -1.23. The van der Waals surface area contributed by atoms with Crippen molar-refractivity contribution in [3.05, 3.63) is 192 Å². The first-order valence-electron chi connectivity index (χ1n) is 25.2. The second-order valence-corrected chi connectivity index (χ2v) is 27.4. The number of pyridine rings is 1. The molecule has 4 nitrogen and oxygen atoms in total. The van der Waals surface area contributed by atoms with E-state index in [-0.39, 0.29) is 42.8 Å². The van der Waals surface area contributed by atoms with E-state index >= 15 is 0 Å². The minimum absolute atomic E-state index is 0. The molecule has 0 spiro atoms. The quantitative estimate of drug-likeness (QED) is 0.112. The number of para-hydroxylation sites is 2. The van der Waals surface area contributed by atoms with Crippen LogP contribution in [0.2, 0.25) is 19.6 Å². The predicted octanol–water partition coefficient (Wildman–Crippen LogP) is 17.4. The van der Waals surface area contributed by atoms with E-state index in [9.17, 15) is 0 Å². The van der Waals surface area contributed by atoms with Gasteiger partial charge in [0.15, 0.2) is 0 Å². The van der Waals surface area contributed by atoms with Crippen LogP contribution in [0.4, 0.5) is 0 Å². The Kier molecular flexibility index (Phi) is 13.6. The molecule has 11 rings (SSSR count). The largest absolute Gasteiger partial charge is 0.501 e. The Morgan fingerprint density at radius 1 is 0.606 bits per heavy atom. The van der Waals surface area contributed by atoms with Crippen LogP contribution in [0.25, 0.3) is 83.6 Å². The van der Waals surface area contributed by atoms with Gasteiger partial charge >= 0.3 is 0 Å². The monoisotopic (exact) mass is 1120 g/mol. The van der Waals surface area contributed by atoms with Crippen molar-refractivity contribution in [1.29, 1.82) is 0 Å². The summed E-state index contributed by atoms with van der Waals surface area (Å²) in [5, 5.41) is 3.56. The number of rotatable bonds is 8. The van der Waals surface area contributed by atoms with Crippen LogP contribution < -0.4 is 5.19 Å². The number of nitrogens with zero attached hydrogens (tertiary/aromatic N) is 3. The van der Waals surface area contributed by atoms with Gasteiger partial charge in [0.1, 0.15) is 5.58 Å². The molecule has 0 amide bonds. The Morgan fingerprint density at radius 3 is 1.93 bits per heavy atom. The number of imidazole rings is 1. The van der Waals surface area contributed by atoms with Crippen LogP contribution in [-0.4, -0.2) is 22.6 Å². The van der Waals surface area contributed by atoms with Crippen LogP contribution in [0, 0.1) is 12.1 Å². The Bertz CT molecular complexity index is 3490. The molecule has 6 heteroatoms. The fourth-order valence-electron chi connectivity index (χ4n) is 10.4. The van der Waals surface area contributed by atoms with Crippen LogP contribution in [0.5, 0.6) is 0 Å².